The summed E-state index contributed by atoms with van der Waals surface area (Å²) >= 11 is 0. The maximum atomic E-state index is 12.1. The maximum Gasteiger partial charge on any atom is 0.270 e. The summed E-state index contributed by atoms with van der Waals surface area (Å²) in [6, 6.07) is 12.7. The zero-order valence-electron chi connectivity index (χ0n) is 13.3. The van der Waals surface area contributed by atoms with Crippen molar-refractivity contribution in [3.63, 3.8) is 0 Å². The van der Waals surface area contributed by atoms with Gasteiger partial charge in [0.2, 0.25) is 5.91 Å². The van der Waals surface area contributed by atoms with Gasteiger partial charge in [-0.1, -0.05) is 18.2 Å². The minimum absolute atomic E-state index is 0.137. The van der Waals surface area contributed by atoms with Crippen LogP contribution in [0.5, 0.6) is 0 Å². The molecule has 1 unspecified atom stereocenters. The maximum absolute atomic E-state index is 12.1. The highest BCUT2D eigenvalue weighted by Gasteiger charge is 2.12. The molecule has 2 aromatic heterocycles. The SMILES string of the molecule is CC(NC(=O)CCc1nc2ccccc2[nH]c1=O)c1ccccn1. The van der Waals surface area contributed by atoms with E-state index in [2.05, 4.69) is 20.3 Å². The Balaban J connectivity index is 1.64. The van der Waals surface area contributed by atoms with Gasteiger partial charge in [-0.2, -0.15) is 0 Å². The lowest BCUT2D eigenvalue weighted by Gasteiger charge is -2.13. The van der Waals surface area contributed by atoms with Crippen molar-refractivity contribution in [2.45, 2.75) is 25.8 Å². The van der Waals surface area contributed by atoms with E-state index in [-0.39, 0.29) is 23.9 Å². The fraction of sp³-hybridized carbons (Fsp3) is 0.222. The van der Waals surface area contributed by atoms with Crippen LogP contribution in [0, 0.1) is 0 Å². The molecule has 0 bridgehead atoms. The Labute approximate surface area is 139 Å². The van der Waals surface area contributed by atoms with Gasteiger partial charge in [-0.3, -0.25) is 14.6 Å². The van der Waals surface area contributed by atoms with Gasteiger partial charge in [0.25, 0.3) is 5.56 Å². The third-order valence-corrected chi connectivity index (χ3v) is 3.77. The molecule has 0 aliphatic carbocycles. The summed E-state index contributed by atoms with van der Waals surface area (Å²) in [4.78, 5) is 35.5. The predicted molar refractivity (Wildman–Crippen MR) is 91.5 cm³/mol. The van der Waals surface area contributed by atoms with Crippen molar-refractivity contribution in [1.29, 1.82) is 0 Å². The van der Waals surface area contributed by atoms with E-state index >= 15 is 0 Å². The van der Waals surface area contributed by atoms with Crippen LogP contribution in [0.4, 0.5) is 0 Å². The molecule has 6 heteroatoms. The zero-order valence-corrected chi connectivity index (χ0v) is 13.3. The van der Waals surface area contributed by atoms with Crippen LogP contribution >= 0.6 is 0 Å². The fourth-order valence-electron chi connectivity index (χ4n) is 2.49. The van der Waals surface area contributed by atoms with Crippen LogP contribution in [0.2, 0.25) is 0 Å². The number of aromatic amines is 1. The van der Waals surface area contributed by atoms with E-state index in [1.54, 1.807) is 12.3 Å². The summed E-state index contributed by atoms with van der Waals surface area (Å²) in [6.45, 7) is 1.88. The van der Waals surface area contributed by atoms with Gasteiger partial charge in [-0.05, 0) is 31.2 Å². The van der Waals surface area contributed by atoms with Crippen LogP contribution < -0.4 is 10.9 Å². The Morgan fingerprint density at radius 3 is 2.79 bits per heavy atom. The number of carbonyl (C=O) groups is 1. The summed E-state index contributed by atoms with van der Waals surface area (Å²) in [5, 5.41) is 2.88. The number of hydrogen-bond acceptors (Lipinski definition) is 4. The Bertz CT molecular complexity index is 906. The number of aryl methyl sites for hydroxylation is 1. The van der Waals surface area contributed by atoms with Gasteiger partial charge in [-0.25, -0.2) is 4.98 Å². The third-order valence-electron chi connectivity index (χ3n) is 3.77. The molecule has 0 radical (unpaired) electrons. The second-order valence-electron chi connectivity index (χ2n) is 5.57. The van der Waals surface area contributed by atoms with Crippen molar-refractivity contribution < 1.29 is 4.79 Å². The standard InChI is InChI=1S/C18H18N4O2/c1-12(13-6-4-5-11-19-13)20-17(23)10-9-16-18(24)22-15-8-3-2-7-14(15)21-16/h2-8,11-12H,9-10H2,1H3,(H,20,23)(H,22,24). The topological polar surface area (TPSA) is 87.7 Å². The minimum atomic E-state index is -0.251. The van der Waals surface area contributed by atoms with E-state index < -0.39 is 0 Å². The molecular weight excluding hydrogens is 304 g/mol. The van der Waals surface area contributed by atoms with E-state index in [0.717, 1.165) is 11.2 Å². The second kappa shape index (κ2) is 7.04. The van der Waals surface area contributed by atoms with Gasteiger partial charge in [0.15, 0.2) is 0 Å². The van der Waals surface area contributed by atoms with Gasteiger partial charge in [0.1, 0.15) is 5.69 Å². The quantitative estimate of drug-likeness (QED) is 0.753. The van der Waals surface area contributed by atoms with Crippen molar-refractivity contribution in [2.75, 3.05) is 0 Å². The molecule has 0 saturated carbocycles. The highest BCUT2D eigenvalue weighted by atomic mass is 16.1. The number of aromatic nitrogens is 3. The number of hydrogen-bond donors (Lipinski definition) is 2. The van der Waals surface area contributed by atoms with Crippen molar-refractivity contribution in [3.8, 4) is 0 Å². The smallest absolute Gasteiger partial charge is 0.270 e. The molecule has 0 aliphatic rings. The predicted octanol–water partition coefficient (Wildman–Crippen LogP) is 2.13. The number of pyridine rings is 1. The molecule has 0 spiro atoms. The van der Waals surface area contributed by atoms with E-state index in [9.17, 15) is 9.59 Å². The van der Waals surface area contributed by atoms with E-state index in [0.29, 0.717) is 17.6 Å². The molecule has 1 atom stereocenters. The molecule has 0 aliphatic heterocycles. The minimum Gasteiger partial charge on any atom is -0.348 e. The molecule has 2 heterocycles. The molecule has 1 amide bonds. The monoisotopic (exact) mass is 322 g/mol. The lowest BCUT2D eigenvalue weighted by atomic mass is 10.2. The lowest BCUT2D eigenvalue weighted by molar-refractivity contribution is -0.121. The number of rotatable bonds is 5. The highest BCUT2D eigenvalue weighted by Crippen LogP contribution is 2.09. The van der Waals surface area contributed by atoms with Gasteiger partial charge >= 0.3 is 0 Å². The Hall–Kier alpha value is -3.02. The third kappa shape index (κ3) is 3.65. The number of carbonyl (C=O) groups excluding carboxylic acids is 1. The average molecular weight is 322 g/mol. The summed E-state index contributed by atoms with van der Waals surface area (Å²) in [5.41, 5.74) is 2.33. The molecule has 1 aromatic carbocycles. The first-order valence-corrected chi connectivity index (χ1v) is 7.82. The van der Waals surface area contributed by atoms with Crippen LogP contribution in [0.15, 0.2) is 53.5 Å². The number of amides is 1. The summed E-state index contributed by atoms with van der Waals surface area (Å²) in [7, 11) is 0. The van der Waals surface area contributed by atoms with Crippen molar-refractivity contribution in [3.05, 3.63) is 70.4 Å². The van der Waals surface area contributed by atoms with E-state index in [1.165, 1.54) is 0 Å². The zero-order chi connectivity index (χ0) is 16.9. The Morgan fingerprint density at radius 1 is 1.21 bits per heavy atom. The number of nitrogens with zero attached hydrogens (tertiary/aromatic N) is 2. The van der Waals surface area contributed by atoms with Crippen LogP contribution in [-0.2, 0) is 11.2 Å². The molecule has 122 valence electrons. The van der Waals surface area contributed by atoms with Crippen LogP contribution in [-0.4, -0.2) is 20.9 Å². The van der Waals surface area contributed by atoms with Crippen molar-refractivity contribution >= 4 is 16.9 Å². The fourth-order valence-corrected chi connectivity index (χ4v) is 2.49. The van der Waals surface area contributed by atoms with Crippen molar-refractivity contribution in [1.82, 2.24) is 20.3 Å². The summed E-state index contributed by atoms with van der Waals surface area (Å²) < 4.78 is 0. The second-order valence-corrected chi connectivity index (χ2v) is 5.57. The Kier molecular flexibility index (Phi) is 4.65. The highest BCUT2D eigenvalue weighted by molar-refractivity contribution is 5.77. The van der Waals surface area contributed by atoms with E-state index in [4.69, 9.17) is 0 Å². The number of para-hydroxylation sites is 2. The number of fused-ring (bicyclic) bond motifs is 1. The van der Waals surface area contributed by atoms with Gasteiger partial charge < -0.3 is 10.3 Å². The first kappa shape index (κ1) is 15.9. The normalized spacial score (nSPS) is 12.0. The van der Waals surface area contributed by atoms with Crippen LogP contribution in [0.25, 0.3) is 11.0 Å². The lowest BCUT2D eigenvalue weighted by Crippen LogP contribution is -2.28. The molecule has 3 rings (SSSR count). The molecule has 6 nitrogen and oxygen atoms in total. The van der Waals surface area contributed by atoms with Gasteiger partial charge in [0, 0.05) is 19.0 Å². The average Bonchev–Trinajstić information content (AvgIpc) is 2.60. The molecular formula is C18H18N4O2. The number of nitrogens with one attached hydrogen (secondary N) is 2. The number of H-pyrrole nitrogens is 1. The summed E-state index contributed by atoms with van der Waals surface area (Å²) in [5.74, 6) is -0.137. The van der Waals surface area contributed by atoms with Gasteiger partial charge in [0.05, 0.1) is 22.8 Å². The largest absolute Gasteiger partial charge is 0.348 e. The molecule has 0 fully saturated rings. The van der Waals surface area contributed by atoms with Gasteiger partial charge in [-0.15, -0.1) is 0 Å². The first-order valence-electron chi connectivity index (χ1n) is 7.82. The molecule has 2 N–H and O–H groups in total. The first-order chi connectivity index (χ1) is 11.6. The molecule has 3 aromatic rings. The van der Waals surface area contributed by atoms with Crippen LogP contribution in [0.3, 0.4) is 0 Å². The molecule has 0 saturated heterocycles. The van der Waals surface area contributed by atoms with Crippen molar-refractivity contribution in [2.24, 2.45) is 0 Å². The van der Waals surface area contributed by atoms with Crippen LogP contribution in [0.1, 0.15) is 30.8 Å². The number of benzene rings is 1. The van der Waals surface area contributed by atoms with E-state index in [1.807, 2.05) is 43.3 Å². The Morgan fingerprint density at radius 2 is 2.00 bits per heavy atom. The molecule has 24 heavy (non-hydrogen) atoms. The summed E-state index contributed by atoms with van der Waals surface area (Å²) in [6.07, 6.45) is 2.18.